The molecule has 1 heterocycles. The van der Waals surface area contributed by atoms with E-state index in [9.17, 15) is 19.5 Å². The molecule has 2 N–H and O–H groups in total. The topological polar surface area (TPSA) is 111 Å². The molecule has 4 saturated carbocycles. The lowest BCUT2D eigenvalue weighted by Gasteiger charge is -2.56. The van der Waals surface area contributed by atoms with Crippen LogP contribution in [-0.4, -0.2) is 45.5 Å². The van der Waals surface area contributed by atoms with Gasteiger partial charge in [0.15, 0.2) is 12.3 Å². The molecule has 1 aromatic heterocycles. The summed E-state index contributed by atoms with van der Waals surface area (Å²) in [5.74, 6) is 1.07. The van der Waals surface area contributed by atoms with Gasteiger partial charge in [0.05, 0.1) is 18.5 Å². The van der Waals surface area contributed by atoms with Crippen LogP contribution in [0.15, 0.2) is 29.1 Å². The summed E-state index contributed by atoms with van der Waals surface area (Å²) in [4.78, 5) is 37.9. The van der Waals surface area contributed by atoms with Crippen molar-refractivity contribution in [3.63, 3.8) is 0 Å². The first-order valence-corrected chi connectivity index (χ1v) is 11.1. The van der Waals surface area contributed by atoms with Gasteiger partial charge in [0.25, 0.3) is 11.5 Å². The van der Waals surface area contributed by atoms with E-state index < -0.39 is 5.97 Å². The second-order valence-electron chi connectivity index (χ2n) is 9.47. The number of ether oxygens (including phenoxy) is 1. The summed E-state index contributed by atoms with van der Waals surface area (Å²) in [5.41, 5.74) is -0.565. The molecule has 1 aromatic carbocycles. The molecular weight excluding hydrogens is 398 g/mol. The first-order chi connectivity index (χ1) is 15.0. The molecule has 0 unspecified atom stereocenters. The van der Waals surface area contributed by atoms with Crippen LogP contribution < -0.4 is 10.9 Å². The molecule has 0 spiro atoms. The molecule has 0 radical (unpaired) electrons. The number of aromatic nitrogens is 2. The minimum absolute atomic E-state index is 0.0313. The van der Waals surface area contributed by atoms with Crippen molar-refractivity contribution >= 4 is 22.6 Å². The fourth-order valence-corrected chi connectivity index (χ4v) is 6.43. The van der Waals surface area contributed by atoms with E-state index in [0.29, 0.717) is 28.5 Å². The molecule has 4 aliphatic rings. The lowest BCUT2D eigenvalue weighted by atomic mass is 9.53. The number of aliphatic hydroxyl groups is 1. The van der Waals surface area contributed by atoms with E-state index in [1.54, 1.807) is 24.3 Å². The van der Waals surface area contributed by atoms with Gasteiger partial charge < -0.3 is 15.2 Å². The fourth-order valence-electron chi connectivity index (χ4n) is 6.43. The number of amides is 1. The van der Waals surface area contributed by atoms with Crippen LogP contribution in [0, 0.1) is 17.8 Å². The number of nitrogens with one attached hydrogen (secondary N) is 1. The quantitative estimate of drug-likeness (QED) is 0.681. The van der Waals surface area contributed by atoms with Crippen molar-refractivity contribution in [3.05, 3.63) is 40.3 Å². The summed E-state index contributed by atoms with van der Waals surface area (Å²) in [5, 5.41) is 17.2. The van der Waals surface area contributed by atoms with Gasteiger partial charge in [0.2, 0.25) is 0 Å². The molecule has 0 atom stereocenters. The molecule has 31 heavy (non-hydrogen) atoms. The molecule has 164 valence electrons. The summed E-state index contributed by atoms with van der Waals surface area (Å²) in [6, 6.07) is 6.63. The monoisotopic (exact) mass is 425 g/mol. The van der Waals surface area contributed by atoms with Gasteiger partial charge >= 0.3 is 5.97 Å². The second kappa shape index (κ2) is 7.75. The van der Waals surface area contributed by atoms with E-state index in [0.717, 1.165) is 23.9 Å². The van der Waals surface area contributed by atoms with E-state index in [4.69, 9.17) is 4.74 Å². The predicted molar refractivity (Wildman–Crippen MR) is 112 cm³/mol. The summed E-state index contributed by atoms with van der Waals surface area (Å²) < 4.78 is 6.34. The van der Waals surface area contributed by atoms with E-state index in [2.05, 4.69) is 10.4 Å². The zero-order chi connectivity index (χ0) is 21.6. The number of esters is 1. The molecule has 0 saturated heterocycles. The van der Waals surface area contributed by atoms with Gasteiger partial charge in [-0.1, -0.05) is 18.2 Å². The van der Waals surface area contributed by atoms with Crippen molar-refractivity contribution in [1.82, 2.24) is 15.1 Å². The third-order valence-corrected chi connectivity index (χ3v) is 7.15. The van der Waals surface area contributed by atoms with Crippen LogP contribution in [0.4, 0.5) is 0 Å². The SMILES string of the molecule is O=C(COC(=O)c1nn(CCO)c(=O)c2ccccc12)NC12CC3CC(CC(C3)C1)C2. The van der Waals surface area contributed by atoms with Gasteiger partial charge in [-0.05, 0) is 62.3 Å². The summed E-state index contributed by atoms with van der Waals surface area (Å²) >= 11 is 0. The highest BCUT2D eigenvalue weighted by Crippen LogP contribution is 2.55. The van der Waals surface area contributed by atoms with Gasteiger partial charge in [-0.2, -0.15) is 5.10 Å². The number of carbonyl (C=O) groups excluding carboxylic acids is 2. The first kappa shape index (κ1) is 20.2. The number of nitrogens with zero attached hydrogens (tertiary/aromatic N) is 2. The summed E-state index contributed by atoms with van der Waals surface area (Å²) in [7, 11) is 0. The van der Waals surface area contributed by atoms with Crippen molar-refractivity contribution in [3.8, 4) is 0 Å². The van der Waals surface area contributed by atoms with Crippen LogP contribution in [0.1, 0.15) is 49.0 Å². The molecule has 8 heteroatoms. The van der Waals surface area contributed by atoms with E-state index in [-0.39, 0.29) is 42.5 Å². The van der Waals surface area contributed by atoms with Gasteiger partial charge in [0, 0.05) is 10.9 Å². The molecule has 2 aromatic rings. The number of carbonyl (C=O) groups is 2. The molecule has 6 rings (SSSR count). The zero-order valence-electron chi connectivity index (χ0n) is 17.4. The Hall–Kier alpha value is -2.74. The highest BCUT2D eigenvalue weighted by Gasteiger charge is 2.51. The Morgan fingerprint density at radius 3 is 2.32 bits per heavy atom. The number of hydrogen-bond donors (Lipinski definition) is 2. The number of aliphatic hydroxyl groups excluding tert-OH is 1. The van der Waals surface area contributed by atoms with E-state index >= 15 is 0 Å². The van der Waals surface area contributed by atoms with Crippen LogP contribution >= 0.6 is 0 Å². The Morgan fingerprint density at radius 1 is 1.10 bits per heavy atom. The van der Waals surface area contributed by atoms with E-state index in [1.807, 2.05) is 0 Å². The Morgan fingerprint density at radius 2 is 1.71 bits per heavy atom. The maximum atomic E-state index is 12.8. The molecule has 4 bridgehead atoms. The lowest BCUT2D eigenvalue weighted by Crippen LogP contribution is -2.60. The average Bonchev–Trinajstić information content (AvgIpc) is 2.73. The number of fused-ring (bicyclic) bond motifs is 1. The van der Waals surface area contributed by atoms with Crippen molar-refractivity contribution < 1.29 is 19.4 Å². The fraction of sp³-hybridized carbons (Fsp3) is 0.565. The smallest absolute Gasteiger partial charge is 0.359 e. The predicted octanol–water partition coefficient (Wildman–Crippen LogP) is 1.63. The molecule has 4 aliphatic carbocycles. The molecule has 8 nitrogen and oxygen atoms in total. The standard InChI is InChI=1S/C23H27N3O5/c27-6-5-26-21(29)18-4-2-1-3-17(18)20(25-26)22(30)31-13-19(28)24-23-10-14-7-15(11-23)9-16(8-14)12-23/h1-4,14-16,27H,5-13H2,(H,24,28). The number of hydrogen-bond acceptors (Lipinski definition) is 6. The van der Waals surface area contributed by atoms with Crippen molar-refractivity contribution in [2.24, 2.45) is 17.8 Å². The second-order valence-corrected chi connectivity index (χ2v) is 9.47. The summed E-state index contributed by atoms with van der Waals surface area (Å²) in [6.45, 7) is -0.695. The Labute approximate surface area is 179 Å². The minimum atomic E-state index is -0.761. The van der Waals surface area contributed by atoms with Crippen molar-refractivity contribution in [1.29, 1.82) is 0 Å². The highest BCUT2D eigenvalue weighted by molar-refractivity contribution is 6.02. The van der Waals surface area contributed by atoms with Crippen LogP contribution in [0.3, 0.4) is 0 Å². The number of benzene rings is 1. The zero-order valence-corrected chi connectivity index (χ0v) is 17.4. The Balaban J connectivity index is 1.30. The normalized spacial score (nSPS) is 28.6. The van der Waals surface area contributed by atoms with Crippen LogP contribution in [0.5, 0.6) is 0 Å². The minimum Gasteiger partial charge on any atom is -0.451 e. The van der Waals surface area contributed by atoms with Gasteiger partial charge in [-0.25, -0.2) is 9.48 Å². The van der Waals surface area contributed by atoms with Crippen LogP contribution in [-0.2, 0) is 16.1 Å². The summed E-state index contributed by atoms with van der Waals surface area (Å²) in [6.07, 6.45) is 6.93. The maximum Gasteiger partial charge on any atom is 0.359 e. The van der Waals surface area contributed by atoms with Crippen molar-refractivity contribution in [2.45, 2.75) is 50.6 Å². The van der Waals surface area contributed by atoms with Gasteiger partial charge in [-0.3, -0.25) is 9.59 Å². The molecule has 0 aliphatic heterocycles. The van der Waals surface area contributed by atoms with Crippen molar-refractivity contribution in [2.75, 3.05) is 13.2 Å². The number of rotatable bonds is 6. The third kappa shape index (κ3) is 3.73. The lowest BCUT2D eigenvalue weighted by molar-refractivity contribution is -0.130. The Bertz CT molecular complexity index is 1060. The largest absolute Gasteiger partial charge is 0.451 e. The van der Waals surface area contributed by atoms with E-state index in [1.165, 1.54) is 19.3 Å². The molecular formula is C23H27N3O5. The Kier molecular flexibility index (Phi) is 5.04. The maximum absolute atomic E-state index is 12.8. The molecule has 1 amide bonds. The molecule has 4 fully saturated rings. The average molecular weight is 425 g/mol. The first-order valence-electron chi connectivity index (χ1n) is 11.1. The van der Waals surface area contributed by atoms with Crippen LogP contribution in [0.25, 0.3) is 10.8 Å². The highest BCUT2D eigenvalue weighted by atomic mass is 16.5. The van der Waals surface area contributed by atoms with Gasteiger partial charge in [-0.15, -0.1) is 0 Å². The van der Waals surface area contributed by atoms with Gasteiger partial charge in [0.1, 0.15) is 0 Å². The third-order valence-electron chi connectivity index (χ3n) is 7.15. The van der Waals surface area contributed by atoms with Crippen LogP contribution in [0.2, 0.25) is 0 Å².